The van der Waals surface area contributed by atoms with Crippen LogP contribution in [0.5, 0.6) is 11.5 Å². The van der Waals surface area contributed by atoms with Gasteiger partial charge < -0.3 is 14.8 Å². The first-order valence-corrected chi connectivity index (χ1v) is 11.6. The van der Waals surface area contributed by atoms with Crippen molar-refractivity contribution in [1.82, 2.24) is 10.8 Å². The van der Waals surface area contributed by atoms with Crippen molar-refractivity contribution in [3.8, 4) is 11.5 Å². The Bertz CT molecular complexity index is 1170. The lowest BCUT2D eigenvalue weighted by molar-refractivity contribution is -0.115. The Balaban J connectivity index is 1.88. The van der Waals surface area contributed by atoms with Crippen molar-refractivity contribution >= 4 is 35.2 Å². The average Bonchev–Trinajstić information content (AvgIpc) is 2.90. The fourth-order valence-corrected chi connectivity index (χ4v) is 3.67. The van der Waals surface area contributed by atoms with Gasteiger partial charge in [0.25, 0.3) is 11.8 Å². The summed E-state index contributed by atoms with van der Waals surface area (Å²) in [4.78, 5) is 25.9. The molecule has 0 heterocycles. The van der Waals surface area contributed by atoms with Crippen LogP contribution in [0.2, 0.25) is 0 Å². The van der Waals surface area contributed by atoms with Gasteiger partial charge in [-0.05, 0) is 65.4 Å². The second-order valence-electron chi connectivity index (χ2n) is 7.22. The Morgan fingerprint density at radius 2 is 1.56 bits per heavy atom. The zero-order valence-electron chi connectivity index (χ0n) is 19.1. The number of nitrogens with one attached hydrogen (secondary N) is 2. The molecular weight excluding hydrogens is 452 g/mol. The molecule has 176 valence electrons. The summed E-state index contributed by atoms with van der Waals surface area (Å²) in [5.41, 5.74) is 4.75. The zero-order chi connectivity index (χ0) is 24.5. The summed E-state index contributed by atoms with van der Waals surface area (Å²) < 4.78 is 10.7. The molecule has 0 aliphatic heterocycles. The van der Waals surface area contributed by atoms with Gasteiger partial charge >= 0.3 is 0 Å². The monoisotopic (exact) mass is 478 g/mol. The smallest absolute Gasteiger partial charge is 0.274 e. The largest absolute Gasteiger partial charge is 0.493 e. The van der Waals surface area contributed by atoms with Gasteiger partial charge in [0.05, 0.1) is 14.2 Å². The van der Waals surface area contributed by atoms with Gasteiger partial charge in [-0.25, -0.2) is 5.48 Å². The van der Waals surface area contributed by atoms with Crippen LogP contribution in [0.15, 0.2) is 71.6 Å². The molecule has 0 aromatic heterocycles. The van der Waals surface area contributed by atoms with Crippen molar-refractivity contribution in [1.29, 1.82) is 0 Å². The highest BCUT2D eigenvalue weighted by Gasteiger charge is 2.15. The summed E-state index contributed by atoms with van der Waals surface area (Å²) >= 11 is 1.65. The molecule has 3 N–H and O–H groups in total. The number of carbonyl (C=O) groups is 2. The SMILES string of the molecule is COc1ccc(/C(=C\c2ccc(SC)cc2)C(=O)NCc2ccc(C(=O)NO)cc2)cc1OC. The number of benzene rings is 3. The van der Waals surface area contributed by atoms with Gasteiger partial charge in [0, 0.05) is 22.6 Å². The lowest BCUT2D eigenvalue weighted by Crippen LogP contribution is -2.24. The molecule has 0 fully saturated rings. The molecule has 3 aromatic rings. The van der Waals surface area contributed by atoms with Crippen LogP contribution in [-0.4, -0.2) is 37.5 Å². The van der Waals surface area contributed by atoms with Crippen LogP contribution in [-0.2, 0) is 11.3 Å². The molecule has 0 saturated heterocycles. The van der Waals surface area contributed by atoms with Gasteiger partial charge in [-0.15, -0.1) is 11.8 Å². The van der Waals surface area contributed by atoms with Crippen LogP contribution in [0.4, 0.5) is 0 Å². The number of methoxy groups -OCH3 is 2. The van der Waals surface area contributed by atoms with Crippen molar-refractivity contribution in [2.75, 3.05) is 20.5 Å². The average molecular weight is 479 g/mol. The lowest BCUT2D eigenvalue weighted by atomic mass is 10.0. The van der Waals surface area contributed by atoms with Gasteiger partial charge in [-0.2, -0.15) is 0 Å². The number of ether oxygens (including phenoxy) is 2. The molecule has 0 aliphatic rings. The van der Waals surface area contributed by atoms with E-state index >= 15 is 0 Å². The van der Waals surface area contributed by atoms with Crippen LogP contribution in [0.25, 0.3) is 11.6 Å². The Morgan fingerprint density at radius 3 is 2.15 bits per heavy atom. The second-order valence-corrected chi connectivity index (χ2v) is 8.10. The molecule has 0 spiro atoms. The lowest BCUT2D eigenvalue weighted by Gasteiger charge is -2.13. The summed E-state index contributed by atoms with van der Waals surface area (Å²) in [6, 6.07) is 19.9. The van der Waals surface area contributed by atoms with Gasteiger partial charge in [0.2, 0.25) is 0 Å². The number of hydrogen-bond acceptors (Lipinski definition) is 6. The highest BCUT2D eigenvalue weighted by Crippen LogP contribution is 2.31. The first kappa shape index (κ1) is 24.9. The number of amides is 2. The minimum atomic E-state index is -0.596. The van der Waals surface area contributed by atoms with E-state index in [1.165, 1.54) is 0 Å². The normalized spacial score (nSPS) is 11.0. The van der Waals surface area contributed by atoms with Crippen LogP contribution in [0.3, 0.4) is 0 Å². The van der Waals surface area contributed by atoms with Gasteiger partial charge in [0.1, 0.15) is 0 Å². The summed E-state index contributed by atoms with van der Waals surface area (Å²) in [7, 11) is 3.11. The van der Waals surface area contributed by atoms with E-state index in [9.17, 15) is 9.59 Å². The molecule has 0 bridgehead atoms. The molecule has 0 saturated carbocycles. The van der Waals surface area contributed by atoms with Crippen LogP contribution in [0.1, 0.15) is 27.0 Å². The molecule has 2 amide bonds. The number of thioether (sulfide) groups is 1. The minimum Gasteiger partial charge on any atom is -0.493 e. The third-order valence-electron chi connectivity index (χ3n) is 5.14. The van der Waals surface area contributed by atoms with Crippen molar-refractivity contribution in [2.24, 2.45) is 0 Å². The predicted octanol–water partition coefficient (Wildman–Crippen LogP) is 4.40. The maximum absolute atomic E-state index is 13.3. The molecule has 0 atom stereocenters. The standard InChI is InChI=1S/C26H26N2O5S/c1-32-23-13-10-20(15-24(23)33-2)22(14-17-6-11-21(34-3)12-7-17)26(30)27-16-18-4-8-19(9-5-18)25(29)28-31/h4-15,31H,16H2,1-3H3,(H,27,30)(H,28,29)/b22-14+. The highest BCUT2D eigenvalue weighted by molar-refractivity contribution is 7.98. The molecule has 34 heavy (non-hydrogen) atoms. The maximum atomic E-state index is 13.3. The van der Waals surface area contributed by atoms with E-state index in [1.807, 2.05) is 42.7 Å². The highest BCUT2D eigenvalue weighted by atomic mass is 32.2. The molecule has 0 aliphatic carbocycles. The van der Waals surface area contributed by atoms with E-state index in [0.717, 1.165) is 16.0 Å². The summed E-state index contributed by atoms with van der Waals surface area (Å²) in [5, 5.41) is 11.7. The Morgan fingerprint density at radius 1 is 0.912 bits per heavy atom. The van der Waals surface area contributed by atoms with Crippen molar-refractivity contribution < 1.29 is 24.3 Å². The number of rotatable bonds is 9. The number of hydroxylamine groups is 1. The van der Waals surface area contributed by atoms with Gasteiger partial charge in [-0.1, -0.05) is 30.3 Å². The third kappa shape index (κ3) is 6.18. The second kappa shape index (κ2) is 11.9. The van der Waals surface area contributed by atoms with E-state index in [4.69, 9.17) is 14.7 Å². The fourth-order valence-electron chi connectivity index (χ4n) is 3.27. The fraction of sp³-hybridized carbons (Fsp3) is 0.154. The maximum Gasteiger partial charge on any atom is 0.274 e. The van der Waals surface area contributed by atoms with Crippen molar-refractivity contribution in [3.05, 3.63) is 89.0 Å². The van der Waals surface area contributed by atoms with Gasteiger partial charge in [-0.3, -0.25) is 14.8 Å². The first-order chi connectivity index (χ1) is 16.5. The van der Waals surface area contributed by atoms with Crippen LogP contribution >= 0.6 is 11.8 Å². The summed E-state index contributed by atoms with van der Waals surface area (Å²) in [6.07, 6.45) is 3.84. The van der Waals surface area contributed by atoms with Gasteiger partial charge in [0.15, 0.2) is 11.5 Å². The van der Waals surface area contributed by atoms with E-state index < -0.39 is 5.91 Å². The molecule has 3 aromatic carbocycles. The van der Waals surface area contributed by atoms with E-state index in [0.29, 0.717) is 28.2 Å². The third-order valence-corrected chi connectivity index (χ3v) is 5.88. The summed E-state index contributed by atoms with van der Waals surface area (Å²) in [5.74, 6) is 0.233. The number of hydrogen-bond donors (Lipinski definition) is 3. The topological polar surface area (TPSA) is 96.9 Å². The van der Waals surface area contributed by atoms with Crippen molar-refractivity contribution in [2.45, 2.75) is 11.4 Å². The molecule has 0 radical (unpaired) electrons. The van der Waals surface area contributed by atoms with Crippen molar-refractivity contribution in [3.63, 3.8) is 0 Å². The molecular formula is C26H26N2O5S. The summed E-state index contributed by atoms with van der Waals surface area (Å²) in [6.45, 7) is 0.260. The van der Waals surface area contributed by atoms with Crippen LogP contribution < -0.4 is 20.3 Å². The molecule has 7 nitrogen and oxygen atoms in total. The van der Waals surface area contributed by atoms with E-state index in [-0.39, 0.29) is 12.5 Å². The molecule has 3 rings (SSSR count). The predicted molar refractivity (Wildman–Crippen MR) is 133 cm³/mol. The molecule has 0 unspecified atom stereocenters. The Kier molecular flexibility index (Phi) is 8.73. The Labute approximate surface area is 202 Å². The van der Waals surface area contributed by atoms with E-state index in [1.54, 1.807) is 67.9 Å². The first-order valence-electron chi connectivity index (χ1n) is 10.4. The number of carbonyl (C=O) groups excluding carboxylic acids is 2. The zero-order valence-corrected chi connectivity index (χ0v) is 19.9. The van der Waals surface area contributed by atoms with Crippen LogP contribution in [0, 0.1) is 0 Å². The Hall–Kier alpha value is -3.75. The molecule has 8 heteroatoms. The quantitative estimate of drug-likeness (QED) is 0.139. The minimum absolute atomic E-state index is 0.260. The van der Waals surface area contributed by atoms with E-state index in [2.05, 4.69) is 5.32 Å².